The number of nitrogens with zero attached hydrogens (tertiary/aromatic N) is 3. The van der Waals surface area contributed by atoms with Gasteiger partial charge in [-0.05, 0) is 25.9 Å². The molecule has 0 bridgehead atoms. The van der Waals surface area contributed by atoms with E-state index in [4.69, 9.17) is 0 Å². The number of piperidine rings is 1. The highest BCUT2D eigenvalue weighted by atomic mass is 32.2. The van der Waals surface area contributed by atoms with Gasteiger partial charge in [-0.15, -0.1) is 10.2 Å². The van der Waals surface area contributed by atoms with E-state index in [9.17, 15) is 5.11 Å². The summed E-state index contributed by atoms with van der Waals surface area (Å²) in [7, 11) is 3.91. The zero-order valence-corrected chi connectivity index (χ0v) is 11.8. The van der Waals surface area contributed by atoms with Crippen molar-refractivity contribution in [1.82, 2.24) is 15.5 Å². The van der Waals surface area contributed by atoms with Gasteiger partial charge in [0.05, 0.1) is 5.60 Å². The van der Waals surface area contributed by atoms with Crippen LogP contribution >= 0.6 is 23.1 Å². The predicted octanol–water partition coefficient (Wildman–Crippen LogP) is 0.811. The fourth-order valence-electron chi connectivity index (χ4n) is 1.67. The summed E-state index contributed by atoms with van der Waals surface area (Å²) in [6.07, 6.45) is 1.64. The van der Waals surface area contributed by atoms with E-state index in [1.807, 2.05) is 19.0 Å². The third-order valence-electron chi connectivity index (χ3n) is 2.78. The van der Waals surface area contributed by atoms with Crippen molar-refractivity contribution in [3.63, 3.8) is 0 Å². The van der Waals surface area contributed by atoms with Crippen LogP contribution in [0.3, 0.4) is 0 Å². The number of thioether (sulfide) groups is 1. The van der Waals surface area contributed by atoms with Crippen LogP contribution < -0.4 is 10.2 Å². The topological polar surface area (TPSA) is 61.3 Å². The number of nitrogens with one attached hydrogen (secondary N) is 1. The number of hydrogen-bond donors (Lipinski definition) is 2. The molecule has 7 heteroatoms. The predicted molar refractivity (Wildman–Crippen MR) is 72.0 cm³/mol. The zero-order chi connectivity index (χ0) is 12.3. The molecular weight excluding hydrogens is 256 g/mol. The zero-order valence-electron chi connectivity index (χ0n) is 10.1. The Bertz CT molecular complexity index is 363. The Hall–Kier alpha value is -0.370. The Kier molecular flexibility index (Phi) is 4.24. The number of aliphatic hydroxyl groups is 1. The number of hydrogen-bond acceptors (Lipinski definition) is 7. The minimum Gasteiger partial charge on any atom is -0.389 e. The molecule has 2 rings (SSSR count). The highest BCUT2D eigenvalue weighted by Gasteiger charge is 2.29. The highest BCUT2D eigenvalue weighted by molar-refractivity contribution is 8.01. The summed E-state index contributed by atoms with van der Waals surface area (Å²) in [6.45, 7) is 1.80. The lowest BCUT2D eigenvalue weighted by Crippen LogP contribution is -2.43. The second kappa shape index (κ2) is 5.51. The van der Waals surface area contributed by atoms with Crippen LogP contribution in [0.2, 0.25) is 0 Å². The molecule has 0 spiro atoms. The smallest absolute Gasteiger partial charge is 0.208 e. The number of rotatable bonds is 4. The summed E-state index contributed by atoms with van der Waals surface area (Å²) < 4.78 is 0.931. The van der Waals surface area contributed by atoms with E-state index in [1.54, 1.807) is 23.1 Å². The van der Waals surface area contributed by atoms with Gasteiger partial charge in [-0.1, -0.05) is 23.1 Å². The molecule has 0 unspecified atom stereocenters. The van der Waals surface area contributed by atoms with Gasteiger partial charge in [-0.2, -0.15) is 0 Å². The third-order valence-corrected chi connectivity index (χ3v) is 5.28. The molecule has 1 saturated heterocycles. The summed E-state index contributed by atoms with van der Waals surface area (Å²) in [5.74, 6) is 0.705. The number of anilines is 1. The van der Waals surface area contributed by atoms with Crippen LogP contribution in [0.4, 0.5) is 5.13 Å². The van der Waals surface area contributed by atoms with Crippen LogP contribution in [0.25, 0.3) is 0 Å². The maximum atomic E-state index is 10.3. The lowest BCUT2D eigenvalue weighted by molar-refractivity contribution is 0.0339. The van der Waals surface area contributed by atoms with Gasteiger partial charge in [0.1, 0.15) is 0 Å². The molecule has 0 saturated carbocycles. The minimum atomic E-state index is -0.542. The molecule has 0 aliphatic carbocycles. The molecule has 5 nitrogen and oxygen atoms in total. The van der Waals surface area contributed by atoms with Gasteiger partial charge >= 0.3 is 0 Å². The number of aromatic nitrogens is 2. The second-order valence-electron chi connectivity index (χ2n) is 4.51. The molecule has 96 valence electrons. The first kappa shape index (κ1) is 13.1. The monoisotopic (exact) mass is 274 g/mol. The van der Waals surface area contributed by atoms with Crippen LogP contribution in [0.1, 0.15) is 12.8 Å². The van der Waals surface area contributed by atoms with Crippen molar-refractivity contribution in [3.05, 3.63) is 0 Å². The first-order valence-electron chi connectivity index (χ1n) is 5.66. The van der Waals surface area contributed by atoms with Crippen molar-refractivity contribution < 1.29 is 5.11 Å². The van der Waals surface area contributed by atoms with Crippen LogP contribution in [0.5, 0.6) is 0 Å². The van der Waals surface area contributed by atoms with Gasteiger partial charge in [-0.25, -0.2) is 0 Å². The Morgan fingerprint density at radius 1 is 1.41 bits per heavy atom. The molecule has 1 fully saturated rings. The van der Waals surface area contributed by atoms with E-state index >= 15 is 0 Å². The maximum Gasteiger partial charge on any atom is 0.208 e. The van der Waals surface area contributed by atoms with Gasteiger partial charge < -0.3 is 15.3 Å². The molecule has 0 amide bonds. The summed E-state index contributed by atoms with van der Waals surface area (Å²) in [6, 6.07) is 0. The van der Waals surface area contributed by atoms with E-state index in [1.165, 1.54) is 0 Å². The largest absolute Gasteiger partial charge is 0.389 e. The normalized spacial score (nSPS) is 19.2. The first-order chi connectivity index (χ1) is 8.09. The van der Waals surface area contributed by atoms with E-state index < -0.39 is 5.60 Å². The SMILES string of the molecule is CN(C)c1nnc(SCC2(O)CCNCC2)s1. The molecule has 1 aromatic heterocycles. The summed E-state index contributed by atoms with van der Waals surface area (Å²) >= 11 is 3.17. The molecule has 0 aromatic carbocycles. The minimum absolute atomic E-state index is 0.542. The lowest BCUT2D eigenvalue weighted by atomic mass is 9.95. The third kappa shape index (κ3) is 3.54. The fourth-order valence-corrected chi connectivity index (χ4v) is 3.59. The van der Waals surface area contributed by atoms with Gasteiger partial charge in [0.15, 0.2) is 4.34 Å². The Labute approximate surface area is 110 Å². The molecule has 1 aliphatic heterocycles. The molecule has 1 aromatic rings. The van der Waals surface area contributed by atoms with Gasteiger partial charge in [0, 0.05) is 19.8 Å². The molecule has 2 N–H and O–H groups in total. The van der Waals surface area contributed by atoms with Crippen molar-refractivity contribution in [3.8, 4) is 0 Å². The summed E-state index contributed by atoms with van der Waals surface area (Å²) in [5.41, 5.74) is -0.542. The Morgan fingerprint density at radius 2 is 2.12 bits per heavy atom. The average molecular weight is 274 g/mol. The molecular formula is C10H18N4OS2. The van der Waals surface area contributed by atoms with E-state index in [-0.39, 0.29) is 0 Å². The van der Waals surface area contributed by atoms with Crippen LogP contribution in [0, 0.1) is 0 Å². The quantitative estimate of drug-likeness (QED) is 0.792. The average Bonchev–Trinajstić information content (AvgIpc) is 2.76. The van der Waals surface area contributed by atoms with Gasteiger partial charge in [0.2, 0.25) is 5.13 Å². The summed E-state index contributed by atoms with van der Waals surface area (Å²) in [4.78, 5) is 1.95. The maximum absolute atomic E-state index is 10.3. The molecule has 0 atom stereocenters. The summed E-state index contributed by atoms with van der Waals surface area (Å²) in [5, 5.41) is 22.7. The highest BCUT2D eigenvalue weighted by Crippen LogP contribution is 2.31. The van der Waals surface area contributed by atoms with Crippen molar-refractivity contribution in [2.75, 3.05) is 37.8 Å². The first-order valence-corrected chi connectivity index (χ1v) is 7.46. The van der Waals surface area contributed by atoms with Crippen molar-refractivity contribution in [2.24, 2.45) is 0 Å². The fraction of sp³-hybridized carbons (Fsp3) is 0.800. The van der Waals surface area contributed by atoms with Crippen molar-refractivity contribution in [1.29, 1.82) is 0 Å². The van der Waals surface area contributed by atoms with Crippen LogP contribution in [-0.2, 0) is 0 Å². The van der Waals surface area contributed by atoms with Crippen LogP contribution in [-0.4, -0.2) is 53.8 Å². The van der Waals surface area contributed by atoms with Gasteiger partial charge in [-0.3, -0.25) is 0 Å². The molecule has 17 heavy (non-hydrogen) atoms. The standard InChI is InChI=1S/C10H18N4OS2/c1-14(2)8-12-13-9(17-8)16-7-10(15)3-5-11-6-4-10/h11,15H,3-7H2,1-2H3. The van der Waals surface area contributed by atoms with Crippen molar-refractivity contribution in [2.45, 2.75) is 22.8 Å². The van der Waals surface area contributed by atoms with E-state index in [0.717, 1.165) is 35.4 Å². The molecule has 2 heterocycles. The van der Waals surface area contributed by atoms with Crippen LogP contribution in [0.15, 0.2) is 4.34 Å². The van der Waals surface area contributed by atoms with Crippen molar-refractivity contribution >= 4 is 28.2 Å². The Morgan fingerprint density at radius 3 is 2.71 bits per heavy atom. The molecule has 0 radical (unpaired) electrons. The lowest BCUT2D eigenvalue weighted by Gasteiger charge is -2.31. The molecule has 1 aliphatic rings. The van der Waals surface area contributed by atoms with E-state index in [0.29, 0.717) is 5.75 Å². The van der Waals surface area contributed by atoms with Gasteiger partial charge in [0.25, 0.3) is 0 Å². The Balaban J connectivity index is 1.88. The second-order valence-corrected chi connectivity index (χ2v) is 6.69. The van der Waals surface area contributed by atoms with E-state index in [2.05, 4.69) is 15.5 Å².